The van der Waals surface area contributed by atoms with Gasteiger partial charge in [-0.25, -0.2) is 8.42 Å². The van der Waals surface area contributed by atoms with Crippen molar-refractivity contribution in [2.24, 2.45) is 0 Å². The molecular formula is C23H30N2O4S. The third-order valence-electron chi connectivity index (χ3n) is 5.97. The molecule has 6 nitrogen and oxygen atoms in total. The number of piperazine rings is 1. The lowest BCUT2D eigenvalue weighted by atomic mass is 10.1. The largest absolute Gasteiger partial charge is 0.491 e. The number of nitrogens with zero attached hydrogens (tertiary/aromatic N) is 2. The van der Waals surface area contributed by atoms with E-state index in [0.717, 1.165) is 24.2 Å². The van der Waals surface area contributed by atoms with E-state index >= 15 is 0 Å². The predicted octanol–water partition coefficient (Wildman–Crippen LogP) is 2.23. The second-order valence-electron chi connectivity index (χ2n) is 8.27. The summed E-state index contributed by atoms with van der Waals surface area (Å²) in [7, 11) is -3.46. The average Bonchev–Trinajstić information content (AvgIpc) is 3.21. The third kappa shape index (κ3) is 4.86. The van der Waals surface area contributed by atoms with Crippen LogP contribution in [0.5, 0.6) is 5.75 Å². The Morgan fingerprint density at radius 2 is 1.70 bits per heavy atom. The van der Waals surface area contributed by atoms with E-state index in [1.54, 1.807) is 12.1 Å². The van der Waals surface area contributed by atoms with Gasteiger partial charge in [0.1, 0.15) is 18.5 Å². The first-order valence-corrected chi connectivity index (χ1v) is 12.1. The van der Waals surface area contributed by atoms with Crippen molar-refractivity contribution in [3.05, 3.63) is 59.2 Å². The highest BCUT2D eigenvalue weighted by Gasteiger charge is 2.29. The molecule has 0 spiro atoms. The summed E-state index contributed by atoms with van der Waals surface area (Å²) in [5, 5.41) is 10.4. The molecule has 1 atom stereocenters. The summed E-state index contributed by atoms with van der Waals surface area (Å²) in [5.74, 6) is 0.809. The van der Waals surface area contributed by atoms with Gasteiger partial charge in [0.25, 0.3) is 0 Å². The van der Waals surface area contributed by atoms with Crippen LogP contribution in [0.15, 0.2) is 47.4 Å². The molecule has 0 amide bonds. The van der Waals surface area contributed by atoms with Crippen molar-refractivity contribution >= 4 is 10.0 Å². The minimum atomic E-state index is -3.46. The van der Waals surface area contributed by atoms with Crippen LogP contribution in [0.4, 0.5) is 0 Å². The molecule has 30 heavy (non-hydrogen) atoms. The molecule has 1 fully saturated rings. The van der Waals surface area contributed by atoms with Crippen LogP contribution >= 0.6 is 0 Å². The first-order valence-electron chi connectivity index (χ1n) is 10.6. The van der Waals surface area contributed by atoms with Crippen molar-refractivity contribution in [1.82, 2.24) is 9.21 Å². The fraction of sp³-hybridized carbons (Fsp3) is 0.478. The topological polar surface area (TPSA) is 70.1 Å². The molecule has 1 aliphatic heterocycles. The molecule has 162 valence electrons. The molecule has 7 heteroatoms. The van der Waals surface area contributed by atoms with Gasteiger partial charge in [-0.05, 0) is 61.6 Å². The van der Waals surface area contributed by atoms with Crippen molar-refractivity contribution in [2.45, 2.75) is 37.2 Å². The van der Waals surface area contributed by atoms with E-state index in [1.165, 1.54) is 21.9 Å². The van der Waals surface area contributed by atoms with Crippen molar-refractivity contribution in [3.63, 3.8) is 0 Å². The molecule has 4 rings (SSSR count). The van der Waals surface area contributed by atoms with Gasteiger partial charge in [-0.1, -0.05) is 23.8 Å². The highest BCUT2D eigenvalue weighted by Crippen LogP contribution is 2.26. The second kappa shape index (κ2) is 9.06. The molecule has 1 N–H and O–H groups in total. The molecule has 1 heterocycles. The number of aliphatic hydroxyl groups excluding tert-OH is 1. The molecule has 0 radical (unpaired) electrons. The lowest BCUT2D eigenvalue weighted by Gasteiger charge is -2.34. The molecule has 2 aliphatic rings. The number of fused-ring (bicyclic) bond motifs is 1. The van der Waals surface area contributed by atoms with Crippen molar-refractivity contribution < 1.29 is 18.3 Å². The predicted molar refractivity (Wildman–Crippen MR) is 116 cm³/mol. The summed E-state index contributed by atoms with van der Waals surface area (Å²) in [6.45, 7) is 4.70. The van der Waals surface area contributed by atoms with Gasteiger partial charge in [-0.15, -0.1) is 0 Å². The van der Waals surface area contributed by atoms with Crippen LogP contribution in [0.1, 0.15) is 23.1 Å². The van der Waals surface area contributed by atoms with Crippen molar-refractivity contribution in [1.29, 1.82) is 0 Å². The van der Waals surface area contributed by atoms with E-state index in [2.05, 4.69) is 17.0 Å². The number of benzene rings is 2. The van der Waals surface area contributed by atoms with Crippen LogP contribution in [0, 0.1) is 6.92 Å². The Balaban J connectivity index is 1.24. The smallest absolute Gasteiger partial charge is 0.243 e. The first-order chi connectivity index (χ1) is 14.4. The third-order valence-corrected chi connectivity index (χ3v) is 7.88. The van der Waals surface area contributed by atoms with Crippen molar-refractivity contribution in [3.8, 4) is 5.75 Å². The zero-order valence-corrected chi connectivity index (χ0v) is 18.3. The normalized spacial score (nSPS) is 18.9. The SMILES string of the molecule is Cc1ccc(S(=O)(=O)N2CCN(C[C@H](O)COc3ccc4c(c3)CCC4)CC2)cc1. The minimum Gasteiger partial charge on any atom is -0.491 e. The van der Waals surface area contributed by atoms with Gasteiger partial charge >= 0.3 is 0 Å². The van der Waals surface area contributed by atoms with Crippen LogP contribution in [-0.4, -0.2) is 68.2 Å². The highest BCUT2D eigenvalue weighted by atomic mass is 32.2. The lowest BCUT2D eigenvalue weighted by Crippen LogP contribution is -2.50. The van der Waals surface area contributed by atoms with Gasteiger partial charge in [0.05, 0.1) is 4.90 Å². The molecule has 1 saturated heterocycles. The van der Waals surface area contributed by atoms with Crippen LogP contribution in [0.3, 0.4) is 0 Å². The monoisotopic (exact) mass is 430 g/mol. The van der Waals surface area contributed by atoms with Crippen LogP contribution < -0.4 is 4.74 Å². The maximum absolute atomic E-state index is 12.8. The Labute approximate surface area is 179 Å². The van der Waals surface area contributed by atoms with E-state index < -0.39 is 16.1 Å². The van der Waals surface area contributed by atoms with Gasteiger partial charge in [0.2, 0.25) is 10.0 Å². The van der Waals surface area contributed by atoms with Crippen molar-refractivity contribution in [2.75, 3.05) is 39.3 Å². The van der Waals surface area contributed by atoms with Crippen LogP contribution in [0.25, 0.3) is 0 Å². The van der Waals surface area contributed by atoms with E-state index in [1.807, 2.05) is 25.1 Å². The summed E-state index contributed by atoms with van der Waals surface area (Å²) in [6, 6.07) is 13.2. The molecule has 0 unspecified atom stereocenters. The van der Waals surface area contributed by atoms with Gasteiger partial charge < -0.3 is 9.84 Å². The summed E-state index contributed by atoms with van der Waals surface area (Å²) < 4.78 is 32.9. The van der Waals surface area contributed by atoms with Gasteiger partial charge in [0, 0.05) is 32.7 Å². The Kier molecular flexibility index (Phi) is 6.43. The maximum atomic E-state index is 12.8. The number of hydrogen-bond acceptors (Lipinski definition) is 5. The number of β-amino-alcohol motifs (C(OH)–C–C–N with tert-alkyl or cyclic N) is 1. The highest BCUT2D eigenvalue weighted by molar-refractivity contribution is 7.89. The van der Waals surface area contributed by atoms with E-state index in [4.69, 9.17) is 4.74 Å². The van der Waals surface area contributed by atoms with Gasteiger partial charge in [-0.2, -0.15) is 4.31 Å². The lowest BCUT2D eigenvalue weighted by molar-refractivity contribution is 0.0569. The molecule has 1 aliphatic carbocycles. The zero-order valence-electron chi connectivity index (χ0n) is 17.5. The minimum absolute atomic E-state index is 0.237. The molecule has 0 bridgehead atoms. The Morgan fingerprint density at radius 1 is 1.00 bits per heavy atom. The summed E-state index contributed by atoms with van der Waals surface area (Å²) in [5.41, 5.74) is 3.80. The molecular weight excluding hydrogens is 400 g/mol. The number of sulfonamides is 1. The number of hydrogen-bond donors (Lipinski definition) is 1. The molecule has 2 aromatic rings. The van der Waals surface area contributed by atoms with Crippen LogP contribution in [-0.2, 0) is 22.9 Å². The Bertz CT molecular complexity index is 967. The second-order valence-corrected chi connectivity index (χ2v) is 10.2. The maximum Gasteiger partial charge on any atom is 0.243 e. The zero-order chi connectivity index (χ0) is 21.1. The quantitative estimate of drug-likeness (QED) is 0.730. The number of aliphatic hydroxyl groups is 1. The Morgan fingerprint density at radius 3 is 2.43 bits per heavy atom. The number of rotatable bonds is 7. The first kappa shape index (κ1) is 21.3. The standard InChI is InChI=1S/C23H30N2O4S/c1-18-5-9-23(10-6-18)30(27,28)25-13-11-24(12-14-25)16-21(26)17-29-22-8-7-19-3-2-4-20(19)15-22/h5-10,15,21,26H,2-4,11-14,16-17H2,1H3/t21-/m0/s1. The average molecular weight is 431 g/mol. The van der Waals surface area contributed by atoms with E-state index in [9.17, 15) is 13.5 Å². The van der Waals surface area contributed by atoms with Crippen LogP contribution in [0.2, 0.25) is 0 Å². The molecule has 0 saturated carbocycles. The fourth-order valence-corrected chi connectivity index (χ4v) is 5.62. The number of ether oxygens (including phenoxy) is 1. The molecule has 0 aromatic heterocycles. The van der Waals surface area contributed by atoms with E-state index in [0.29, 0.717) is 37.6 Å². The van der Waals surface area contributed by atoms with Gasteiger partial charge in [0.15, 0.2) is 0 Å². The number of aryl methyl sites for hydroxylation is 3. The summed E-state index contributed by atoms with van der Waals surface area (Å²) in [4.78, 5) is 2.43. The summed E-state index contributed by atoms with van der Waals surface area (Å²) >= 11 is 0. The fourth-order valence-electron chi connectivity index (χ4n) is 4.19. The van der Waals surface area contributed by atoms with Gasteiger partial charge in [-0.3, -0.25) is 4.90 Å². The molecule has 2 aromatic carbocycles. The summed E-state index contributed by atoms with van der Waals surface area (Å²) in [6.07, 6.45) is 2.83. The Hall–Kier alpha value is -1.93. The van der Waals surface area contributed by atoms with E-state index in [-0.39, 0.29) is 6.61 Å².